The Balaban J connectivity index is 1.44. The molecule has 0 saturated carbocycles. The standard InChI is InChI=1S/C22H21N5O3/c1-15-24-25-26-27(15)20(12-16-6-3-2-4-7-16)22(29)30-14-21(28)23-19-11-10-17-8-5-9-18(17)13-19/h2-4,6-7,10-13H,5,8-9,14H2,1H3,(H,23,28). The summed E-state index contributed by atoms with van der Waals surface area (Å²) in [5.41, 5.74) is 4.18. The van der Waals surface area contributed by atoms with Crippen molar-refractivity contribution in [3.05, 3.63) is 71.0 Å². The largest absolute Gasteiger partial charge is 0.451 e. The molecule has 0 saturated heterocycles. The van der Waals surface area contributed by atoms with Gasteiger partial charge in [0.2, 0.25) is 0 Å². The minimum absolute atomic E-state index is 0.119. The van der Waals surface area contributed by atoms with Gasteiger partial charge >= 0.3 is 5.97 Å². The van der Waals surface area contributed by atoms with Crippen molar-refractivity contribution in [2.45, 2.75) is 26.2 Å². The maximum atomic E-state index is 12.7. The van der Waals surface area contributed by atoms with E-state index in [9.17, 15) is 9.59 Å². The number of tetrazole rings is 1. The molecule has 1 heterocycles. The first-order chi connectivity index (χ1) is 14.6. The van der Waals surface area contributed by atoms with Gasteiger partial charge in [0.1, 0.15) is 0 Å². The van der Waals surface area contributed by atoms with Crippen LogP contribution in [0.1, 0.15) is 28.9 Å². The molecule has 0 fully saturated rings. The first kappa shape index (κ1) is 19.5. The van der Waals surface area contributed by atoms with Crippen molar-refractivity contribution >= 4 is 29.3 Å². The normalized spacial score (nSPS) is 13.0. The Morgan fingerprint density at radius 3 is 2.70 bits per heavy atom. The summed E-state index contributed by atoms with van der Waals surface area (Å²) in [4.78, 5) is 25.0. The smallest absolute Gasteiger partial charge is 0.357 e. The fraction of sp³-hybridized carbons (Fsp3) is 0.227. The van der Waals surface area contributed by atoms with Crippen LogP contribution in [0, 0.1) is 6.92 Å². The van der Waals surface area contributed by atoms with E-state index in [1.54, 1.807) is 13.0 Å². The quantitative estimate of drug-likeness (QED) is 0.502. The Labute approximate surface area is 173 Å². The Morgan fingerprint density at radius 2 is 1.93 bits per heavy atom. The average molecular weight is 403 g/mol. The Hall–Kier alpha value is -3.81. The highest BCUT2D eigenvalue weighted by Crippen LogP contribution is 2.24. The van der Waals surface area contributed by atoms with Crippen LogP contribution in [0.3, 0.4) is 0 Å². The van der Waals surface area contributed by atoms with E-state index < -0.39 is 18.5 Å². The number of esters is 1. The average Bonchev–Trinajstić information content (AvgIpc) is 3.39. The maximum absolute atomic E-state index is 12.7. The molecule has 1 aromatic heterocycles. The number of hydrogen-bond acceptors (Lipinski definition) is 6. The van der Waals surface area contributed by atoms with Crippen LogP contribution in [0.25, 0.3) is 11.8 Å². The highest BCUT2D eigenvalue weighted by molar-refractivity contribution is 6.15. The molecule has 1 aliphatic carbocycles. The summed E-state index contributed by atoms with van der Waals surface area (Å²) >= 11 is 0. The molecule has 1 aliphatic rings. The van der Waals surface area contributed by atoms with Crippen LogP contribution in [0.2, 0.25) is 0 Å². The number of aryl methyl sites for hydroxylation is 3. The molecular weight excluding hydrogens is 382 g/mol. The van der Waals surface area contributed by atoms with E-state index in [-0.39, 0.29) is 5.70 Å². The Morgan fingerprint density at radius 1 is 1.13 bits per heavy atom. The number of fused-ring (bicyclic) bond motifs is 1. The minimum atomic E-state index is -0.696. The Kier molecular flexibility index (Phi) is 5.65. The van der Waals surface area contributed by atoms with Gasteiger partial charge in [0.05, 0.1) is 0 Å². The van der Waals surface area contributed by atoms with Gasteiger partial charge in [0, 0.05) is 5.69 Å². The number of hydrogen-bond donors (Lipinski definition) is 1. The van der Waals surface area contributed by atoms with Crippen molar-refractivity contribution in [2.24, 2.45) is 0 Å². The molecule has 1 N–H and O–H groups in total. The molecule has 0 aliphatic heterocycles. The van der Waals surface area contributed by atoms with Crippen LogP contribution >= 0.6 is 0 Å². The fourth-order valence-electron chi connectivity index (χ4n) is 3.42. The van der Waals surface area contributed by atoms with Gasteiger partial charge in [-0.3, -0.25) is 4.79 Å². The number of aromatic nitrogens is 4. The fourth-order valence-corrected chi connectivity index (χ4v) is 3.42. The van der Waals surface area contributed by atoms with Crippen LogP contribution in [0.4, 0.5) is 5.69 Å². The van der Waals surface area contributed by atoms with E-state index in [2.05, 4.69) is 20.8 Å². The van der Waals surface area contributed by atoms with Gasteiger partial charge in [-0.1, -0.05) is 36.4 Å². The van der Waals surface area contributed by atoms with E-state index in [4.69, 9.17) is 4.74 Å². The molecule has 0 radical (unpaired) electrons. The van der Waals surface area contributed by atoms with Crippen molar-refractivity contribution in [3.63, 3.8) is 0 Å². The lowest BCUT2D eigenvalue weighted by Crippen LogP contribution is -2.23. The second kappa shape index (κ2) is 8.69. The summed E-state index contributed by atoms with van der Waals surface area (Å²) in [6, 6.07) is 15.1. The SMILES string of the molecule is Cc1nnnn1C(=Cc1ccccc1)C(=O)OCC(=O)Nc1ccc2c(c1)CCC2. The summed E-state index contributed by atoms with van der Waals surface area (Å²) in [5, 5.41) is 14.0. The second-order valence-electron chi connectivity index (χ2n) is 7.04. The van der Waals surface area contributed by atoms with Crippen molar-refractivity contribution in [1.82, 2.24) is 20.2 Å². The summed E-state index contributed by atoms with van der Waals surface area (Å²) in [7, 11) is 0. The molecule has 0 bridgehead atoms. The van der Waals surface area contributed by atoms with Crippen molar-refractivity contribution in [1.29, 1.82) is 0 Å². The third-order valence-corrected chi connectivity index (χ3v) is 4.88. The second-order valence-corrected chi connectivity index (χ2v) is 7.04. The predicted molar refractivity (Wildman–Crippen MR) is 111 cm³/mol. The molecule has 4 rings (SSSR count). The van der Waals surface area contributed by atoms with Gasteiger partial charge in [-0.25, -0.2) is 4.79 Å². The number of nitrogens with zero attached hydrogens (tertiary/aromatic N) is 4. The monoisotopic (exact) mass is 403 g/mol. The van der Waals surface area contributed by atoms with Crippen molar-refractivity contribution in [2.75, 3.05) is 11.9 Å². The van der Waals surface area contributed by atoms with Crippen LogP contribution in [-0.4, -0.2) is 38.7 Å². The Bertz CT molecular complexity index is 1100. The first-order valence-electron chi connectivity index (χ1n) is 9.71. The highest BCUT2D eigenvalue weighted by atomic mass is 16.5. The van der Waals surface area contributed by atoms with Gasteiger partial charge in [-0.05, 0) is 71.5 Å². The third kappa shape index (κ3) is 4.43. The molecule has 30 heavy (non-hydrogen) atoms. The van der Waals surface area contributed by atoms with Gasteiger partial charge in [0.15, 0.2) is 18.1 Å². The molecule has 8 heteroatoms. The van der Waals surface area contributed by atoms with Crippen molar-refractivity contribution in [3.8, 4) is 0 Å². The lowest BCUT2D eigenvalue weighted by atomic mass is 10.1. The van der Waals surface area contributed by atoms with Gasteiger partial charge in [0.25, 0.3) is 5.91 Å². The molecule has 1 amide bonds. The first-order valence-corrected chi connectivity index (χ1v) is 9.71. The van der Waals surface area contributed by atoms with Gasteiger partial charge in [-0.15, -0.1) is 5.10 Å². The minimum Gasteiger partial charge on any atom is -0.451 e. The number of amides is 1. The lowest BCUT2D eigenvalue weighted by molar-refractivity contribution is -0.141. The molecule has 0 spiro atoms. The van der Waals surface area contributed by atoms with Crippen LogP contribution < -0.4 is 5.32 Å². The summed E-state index contributed by atoms with van der Waals surface area (Å²) in [6.45, 7) is 1.26. The highest BCUT2D eigenvalue weighted by Gasteiger charge is 2.19. The van der Waals surface area contributed by atoms with E-state index in [1.165, 1.54) is 15.8 Å². The summed E-state index contributed by atoms with van der Waals surface area (Å²) < 4.78 is 6.53. The molecule has 8 nitrogen and oxygen atoms in total. The molecule has 0 atom stereocenters. The molecule has 2 aromatic carbocycles. The molecular formula is C22H21N5O3. The number of benzene rings is 2. The number of nitrogens with one attached hydrogen (secondary N) is 1. The lowest BCUT2D eigenvalue weighted by Gasteiger charge is -2.10. The maximum Gasteiger partial charge on any atom is 0.357 e. The van der Waals surface area contributed by atoms with E-state index >= 15 is 0 Å². The zero-order valence-electron chi connectivity index (χ0n) is 16.5. The van der Waals surface area contributed by atoms with Crippen LogP contribution in [0.15, 0.2) is 48.5 Å². The number of ether oxygens (including phenoxy) is 1. The number of carbonyl (C=O) groups is 2. The van der Waals surface area contributed by atoms with Gasteiger partial charge < -0.3 is 10.1 Å². The van der Waals surface area contributed by atoms with E-state index in [0.29, 0.717) is 11.5 Å². The van der Waals surface area contributed by atoms with Crippen molar-refractivity contribution < 1.29 is 14.3 Å². The van der Waals surface area contributed by atoms with Gasteiger partial charge in [-0.2, -0.15) is 4.68 Å². The molecule has 3 aromatic rings. The molecule has 0 unspecified atom stereocenters. The zero-order chi connectivity index (χ0) is 20.9. The predicted octanol–water partition coefficient (Wildman–Crippen LogP) is 2.65. The van der Waals surface area contributed by atoms with E-state index in [1.807, 2.05) is 48.5 Å². The topological polar surface area (TPSA) is 99.0 Å². The number of anilines is 1. The summed E-state index contributed by atoms with van der Waals surface area (Å²) in [5.74, 6) is -0.677. The third-order valence-electron chi connectivity index (χ3n) is 4.88. The number of rotatable bonds is 6. The molecule has 152 valence electrons. The van der Waals surface area contributed by atoms with E-state index in [0.717, 1.165) is 24.8 Å². The van der Waals surface area contributed by atoms with Crippen LogP contribution in [0.5, 0.6) is 0 Å². The summed E-state index contributed by atoms with van der Waals surface area (Å²) in [6.07, 6.45) is 4.85. The van der Waals surface area contributed by atoms with Crippen LogP contribution in [-0.2, 0) is 27.2 Å². The number of carbonyl (C=O) groups excluding carboxylic acids is 2. The zero-order valence-corrected chi connectivity index (χ0v) is 16.5.